The number of nitrogens with zero attached hydrogens (tertiary/aromatic N) is 1. The minimum atomic E-state index is 0.273. The van der Waals surface area contributed by atoms with E-state index in [0.717, 1.165) is 24.4 Å². The fraction of sp³-hybridized carbons (Fsp3) is 1.00. The molecule has 0 aliphatic heterocycles. The molecule has 0 aromatic carbocycles. The Balaban J connectivity index is 2.23. The van der Waals surface area contributed by atoms with E-state index in [-0.39, 0.29) is 5.54 Å². The molecule has 0 spiro atoms. The lowest BCUT2D eigenvalue weighted by atomic mass is 9.83. The van der Waals surface area contributed by atoms with Crippen molar-refractivity contribution in [3.05, 3.63) is 0 Å². The van der Waals surface area contributed by atoms with Crippen LogP contribution in [0.3, 0.4) is 0 Å². The van der Waals surface area contributed by atoms with Gasteiger partial charge in [-0.2, -0.15) is 0 Å². The Bertz CT molecular complexity index is 293. The summed E-state index contributed by atoms with van der Waals surface area (Å²) in [7, 11) is 0. The summed E-state index contributed by atoms with van der Waals surface area (Å²) in [6.45, 7) is 14.0. The van der Waals surface area contributed by atoms with E-state index < -0.39 is 0 Å². The van der Waals surface area contributed by atoms with Gasteiger partial charge in [0.05, 0.1) is 0 Å². The van der Waals surface area contributed by atoms with Gasteiger partial charge in [-0.1, -0.05) is 34.6 Å². The van der Waals surface area contributed by atoms with Crippen LogP contribution in [0.5, 0.6) is 0 Å². The SMILES string of the molecule is CC(C)CN(C1CC1)C1(CN)CC(C)(C)CC1C. The van der Waals surface area contributed by atoms with Crippen molar-refractivity contribution in [2.24, 2.45) is 23.0 Å². The zero-order chi connectivity index (χ0) is 13.6. The minimum Gasteiger partial charge on any atom is -0.329 e. The highest BCUT2D eigenvalue weighted by molar-refractivity contribution is 5.09. The van der Waals surface area contributed by atoms with Crippen LogP contribution < -0.4 is 5.73 Å². The van der Waals surface area contributed by atoms with Crippen LogP contribution in [-0.2, 0) is 0 Å². The molecular formula is C16H32N2. The molecule has 2 aliphatic rings. The molecule has 0 radical (unpaired) electrons. The van der Waals surface area contributed by atoms with Crippen LogP contribution in [0.2, 0.25) is 0 Å². The van der Waals surface area contributed by atoms with Gasteiger partial charge < -0.3 is 5.73 Å². The minimum absolute atomic E-state index is 0.273. The summed E-state index contributed by atoms with van der Waals surface area (Å²) in [6.07, 6.45) is 5.38. The first-order valence-electron chi connectivity index (χ1n) is 7.77. The van der Waals surface area contributed by atoms with Gasteiger partial charge in [0.1, 0.15) is 0 Å². The van der Waals surface area contributed by atoms with Gasteiger partial charge >= 0.3 is 0 Å². The molecule has 18 heavy (non-hydrogen) atoms. The average Bonchev–Trinajstić information content (AvgIpc) is 3.02. The monoisotopic (exact) mass is 252 g/mol. The number of hydrogen-bond donors (Lipinski definition) is 1. The Labute approximate surface area is 113 Å². The van der Waals surface area contributed by atoms with Gasteiger partial charge in [0, 0.05) is 24.7 Å². The van der Waals surface area contributed by atoms with Crippen LogP contribution >= 0.6 is 0 Å². The molecule has 2 aliphatic carbocycles. The number of nitrogens with two attached hydrogens (primary N) is 1. The van der Waals surface area contributed by atoms with Gasteiger partial charge in [-0.3, -0.25) is 4.90 Å². The first kappa shape index (κ1) is 14.3. The molecule has 2 N–H and O–H groups in total. The molecule has 0 amide bonds. The molecule has 0 bridgehead atoms. The molecule has 2 atom stereocenters. The molecule has 2 saturated carbocycles. The van der Waals surface area contributed by atoms with Crippen LogP contribution in [0, 0.1) is 17.3 Å². The van der Waals surface area contributed by atoms with Crippen molar-refractivity contribution in [1.82, 2.24) is 4.90 Å². The van der Waals surface area contributed by atoms with Crippen LogP contribution in [0.15, 0.2) is 0 Å². The Hall–Kier alpha value is -0.0800. The van der Waals surface area contributed by atoms with Crippen LogP contribution in [0.4, 0.5) is 0 Å². The van der Waals surface area contributed by atoms with Gasteiger partial charge in [-0.25, -0.2) is 0 Å². The molecular weight excluding hydrogens is 220 g/mol. The number of hydrogen-bond acceptors (Lipinski definition) is 2. The molecule has 2 nitrogen and oxygen atoms in total. The molecule has 0 aromatic rings. The Kier molecular flexibility index (Phi) is 3.81. The second-order valence-corrected chi connectivity index (χ2v) is 8.03. The molecule has 2 unspecified atom stereocenters. The van der Waals surface area contributed by atoms with Crippen molar-refractivity contribution < 1.29 is 0 Å². The first-order chi connectivity index (χ1) is 8.31. The average molecular weight is 252 g/mol. The molecule has 2 rings (SSSR count). The van der Waals surface area contributed by atoms with Crippen molar-refractivity contribution in [3.8, 4) is 0 Å². The fourth-order valence-electron chi connectivity index (χ4n) is 4.34. The second kappa shape index (κ2) is 4.79. The summed E-state index contributed by atoms with van der Waals surface area (Å²) in [4.78, 5) is 2.80. The van der Waals surface area contributed by atoms with Gasteiger partial charge in [0.25, 0.3) is 0 Å². The molecule has 0 aromatic heterocycles. The van der Waals surface area contributed by atoms with Crippen molar-refractivity contribution in [3.63, 3.8) is 0 Å². The van der Waals surface area contributed by atoms with Crippen LogP contribution in [-0.4, -0.2) is 29.6 Å². The van der Waals surface area contributed by atoms with Crippen molar-refractivity contribution in [2.75, 3.05) is 13.1 Å². The summed E-state index contributed by atoms with van der Waals surface area (Å²) in [5.74, 6) is 1.47. The first-order valence-corrected chi connectivity index (χ1v) is 7.77. The van der Waals surface area contributed by atoms with Crippen LogP contribution in [0.1, 0.15) is 60.3 Å². The van der Waals surface area contributed by atoms with E-state index >= 15 is 0 Å². The van der Waals surface area contributed by atoms with Gasteiger partial charge in [-0.05, 0) is 42.9 Å². The molecule has 0 heterocycles. The van der Waals surface area contributed by atoms with E-state index in [1.54, 1.807) is 0 Å². The topological polar surface area (TPSA) is 29.3 Å². The van der Waals surface area contributed by atoms with E-state index in [2.05, 4.69) is 39.5 Å². The van der Waals surface area contributed by atoms with E-state index in [1.165, 1.54) is 32.2 Å². The third-order valence-electron chi connectivity index (χ3n) is 5.04. The summed E-state index contributed by atoms with van der Waals surface area (Å²) >= 11 is 0. The maximum Gasteiger partial charge on any atom is 0.0365 e. The van der Waals surface area contributed by atoms with E-state index in [9.17, 15) is 0 Å². The Morgan fingerprint density at radius 3 is 2.22 bits per heavy atom. The third kappa shape index (κ3) is 2.60. The second-order valence-electron chi connectivity index (χ2n) is 8.03. The van der Waals surface area contributed by atoms with Gasteiger partial charge in [0.2, 0.25) is 0 Å². The summed E-state index contributed by atoms with van der Waals surface area (Å²) in [5, 5.41) is 0. The predicted octanol–water partition coefficient (Wildman–Crippen LogP) is 3.26. The Morgan fingerprint density at radius 1 is 1.28 bits per heavy atom. The van der Waals surface area contributed by atoms with E-state index in [1.807, 2.05) is 0 Å². The van der Waals surface area contributed by atoms with E-state index in [4.69, 9.17) is 5.73 Å². The normalized spacial score (nSPS) is 35.7. The van der Waals surface area contributed by atoms with Crippen molar-refractivity contribution in [2.45, 2.75) is 71.9 Å². The Morgan fingerprint density at radius 2 is 1.89 bits per heavy atom. The quantitative estimate of drug-likeness (QED) is 0.814. The lowest BCUT2D eigenvalue weighted by molar-refractivity contribution is 0.0399. The largest absolute Gasteiger partial charge is 0.329 e. The summed E-state index contributed by atoms with van der Waals surface area (Å²) < 4.78 is 0. The zero-order valence-electron chi connectivity index (χ0n) is 13.0. The van der Waals surface area contributed by atoms with Gasteiger partial charge in [-0.15, -0.1) is 0 Å². The number of rotatable bonds is 5. The summed E-state index contributed by atoms with van der Waals surface area (Å²) in [6, 6.07) is 0.826. The molecule has 2 fully saturated rings. The smallest absolute Gasteiger partial charge is 0.0365 e. The van der Waals surface area contributed by atoms with E-state index in [0.29, 0.717) is 5.41 Å². The lowest BCUT2D eigenvalue weighted by Gasteiger charge is -2.46. The highest BCUT2D eigenvalue weighted by Gasteiger charge is 2.54. The standard InChI is InChI=1S/C16H32N2/c1-12(2)9-18(14-6-7-14)16(11-17)10-15(4,5)8-13(16)3/h12-14H,6-11,17H2,1-5H3. The molecule has 0 saturated heterocycles. The fourth-order valence-corrected chi connectivity index (χ4v) is 4.34. The predicted molar refractivity (Wildman–Crippen MR) is 78.5 cm³/mol. The van der Waals surface area contributed by atoms with Crippen molar-refractivity contribution >= 4 is 0 Å². The molecule has 2 heteroatoms. The summed E-state index contributed by atoms with van der Waals surface area (Å²) in [5.41, 5.74) is 7.01. The zero-order valence-corrected chi connectivity index (χ0v) is 13.0. The molecule has 106 valence electrons. The van der Waals surface area contributed by atoms with Crippen LogP contribution in [0.25, 0.3) is 0 Å². The third-order valence-corrected chi connectivity index (χ3v) is 5.04. The maximum absolute atomic E-state index is 6.28. The van der Waals surface area contributed by atoms with Gasteiger partial charge in [0.15, 0.2) is 0 Å². The van der Waals surface area contributed by atoms with Crippen molar-refractivity contribution in [1.29, 1.82) is 0 Å². The highest BCUT2D eigenvalue weighted by Crippen LogP contribution is 2.52. The lowest BCUT2D eigenvalue weighted by Crippen LogP contribution is -2.58. The maximum atomic E-state index is 6.28. The highest BCUT2D eigenvalue weighted by atomic mass is 15.3.